The minimum Gasteiger partial charge on any atom is -0.348 e. The Morgan fingerprint density at radius 3 is 2.86 bits per heavy atom. The van der Waals surface area contributed by atoms with E-state index in [2.05, 4.69) is 10.3 Å². The van der Waals surface area contributed by atoms with Gasteiger partial charge in [-0.1, -0.05) is 24.3 Å². The van der Waals surface area contributed by atoms with Crippen molar-refractivity contribution in [3.63, 3.8) is 0 Å². The van der Waals surface area contributed by atoms with Gasteiger partial charge >= 0.3 is 0 Å². The van der Waals surface area contributed by atoms with Crippen molar-refractivity contribution in [2.24, 2.45) is 7.05 Å². The van der Waals surface area contributed by atoms with Crippen molar-refractivity contribution in [1.82, 2.24) is 14.9 Å². The minimum absolute atomic E-state index is 0.209. The summed E-state index contributed by atoms with van der Waals surface area (Å²) in [5.74, 6) is -0.273. The molecule has 5 nitrogen and oxygen atoms in total. The van der Waals surface area contributed by atoms with E-state index in [-0.39, 0.29) is 11.5 Å². The van der Waals surface area contributed by atoms with Crippen LogP contribution < -0.4 is 10.9 Å². The van der Waals surface area contributed by atoms with E-state index in [1.54, 1.807) is 25.5 Å². The number of fused-ring (bicyclic) bond motifs is 1. The van der Waals surface area contributed by atoms with Crippen LogP contribution in [-0.2, 0) is 13.6 Å². The lowest BCUT2D eigenvalue weighted by Gasteiger charge is -2.08. The Morgan fingerprint density at radius 2 is 2.05 bits per heavy atom. The summed E-state index contributed by atoms with van der Waals surface area (Å²) in [7, 11) is 1.64. The van der Waals surface area contributed by atoms with E-state index in [0.29, 0.717) is 12.1 Å². The van der Waals surface area contributed by atoms with E-state index in [1.807, 2.05) is 30.3 Å². The molecule has 0 aliphatic rings. The fraction of sp³-hybridized carbons (Fsp3) is 0.118. The Labute approximate surface area is 127 Å². The van der Waals surface area contributed by atoms with Crippen LogP contribution in [0, 0.1) is 0 Å². The molecule has 0 saturated carbocycles. The molecular weight excluding hydrogens is 278 g/mol. The number of amides is 1. The SMILES string of the molecule is Cn1ccc(C(=O)NCc2cccc3cccnc23)cc1=O. The number of hydrogen-bond donors (Lipinski definition) is 1. The largest absolute Gasteiger partial charge is 0.348 e. The molecular formula is C17H15N3O2. The molecule has 0 fully saturated rings. The summed E-state index contributed by atoms with van der Waals surface area (Å²) >= 11 is 0. The maximum Gasteiger partial charge on any atom is 0.251 e. The molecule has 0 aliphatic heterocycles. The molecule has 3 rings (SSSR count). The number of nitrogens with one attached hydrogen (secondary N) is 1. The highest BCUT2D eigenvalue weighted by atomic mass is 16.2. The van der Waals surface area contributed by atoms with E-state index in [1.165, 1.54) is 10.6 Å². The number of aryl methyl sites for hydroxylation is 1. The lowest BCUT2D eigenvalue weighted by molar-refractivity contribution is 0.0950. The van der Waals surface area contributed by atoms with Gasteiger partial charge in [0.2, 0.25) is 0 Å². The summed E-state index contributed by atoms with van der Waals surface area (Å²) < 4.78 is 1.42. The third-order valence-electron chi connectivity index (χ3n) is 3.52. The second kappa shape index (κ2) is 5.81. The van der Waals surface area contributed by atoms with Gasteiger partial charge < -0.3 is 9.88 Å². The van der Waals surface area contributed by atoms with Gasteiger partial charge in [-0.15, -0.1) is 0 Å². The standard InChI is InChI=1S/C17H15N3O2/c1-20-9-7-13(10-15(20)21)17(22)19-11-14-5-2-4-12-6-3-8-18-16(12)14/h2-10H,11H2,1H3,(H,19,22). The number of nitrogens with zero attached hydrogens (tertiary/aromatic N) is 2. The second-order valence-corrected chi connectivity index (χ2v) is 5.04. The van der Waals surface area contributed by atoms with E-state index < -0.39 is 0 Å². The van der Waals surface area contributed by atoms with Crippen LogP contribution in [-0.4, -0.2) is 15.5 Å². The Kier molecular flexibility index (Phi) is 3.70. The molecule has 1 amide bonds. The van der Waals surface area contributed by atoms with Crippen LogP contribution in [0.15, 0.2) is 59.7 Å². The monoisotopic (exact) mass is 293 g/mol. The Morgan fingerprint density at radius 1 is 1.23 bits per heavy atom. The first kappa shape index (κ1) is 14.0. The van der Waals surface area contributed by atoms with Crippen LogP contribution in [0.1, 0.15) is 15.9 Å². The van der Waals surface area contributed by atoms with Crippen molar-refractivity contribution >= 4 is 16.8 Å². The normalized spacial score (nSPS) is 10.6. The van der Waals surface area contributed by atoms with Crippen molar-refractivity contribution in [3.05, 3.63) is 76.3 Å². The van der Waals surface area contributed by atoms with Gasteiger partial charge in [0.05, 0.1) is 5.52 Å². The maximum absolute atomic E-state index is 12.1. The molecule has 0 saturated heterocycles. The van der Waals surface area contributed by atoms with Crippen LogP contribution in [0.25, 0.3) is 10.9 Å². The van der Waals surface area contributed by atoms with Gasteiger partial charge in [-0.3, -0.25) is 14.6 Å². The average molecular weight is 293 g/mol. The van der Waals surface area contributed by atoms with Crippen molar-refractivity contribution in [3.8, 4) is 0 Å². The van der Waals surface area contributed by atoms with Crippen LogP contribution in [0.2, 0.25) is 0 Å². The maximum atomic E-state index is 12.1. The molecule has 5 heteroatoms. The summed E-state index contributed by atoms with van der Waals surface area (Å²) in [6.07, 6.45) is 3.31. The number of hydrogen-bond acceptors (Lipinski definition) is 3. The van der Waals surface area contributed by atoms with Crippen LogP contribution in [0.5, 0.6) is 0 Å². The number of para-hydroxylation sites is 1. The van der Waals surface area contributed by atoms with Gasteiger partial charge in [0, 0.05) is 43.0 Å². The van der Waals surface area contributed by atoms with Crippen molar-refractivity contribution < 1.29 is 4.79 Å². The van der Waals surface area contributed by atoms with Crippen molar-refractivity contribution in [2.45, 2.75) is 6.54 Å². The zero-order chi connectivity index (χ0) is 15.5. The molecule has 2 aromatic heterocycles. The molecule has 110 valence electrons. The molecule has 0 bridgehead atoms. The molecule has 0 unspecified atom stereocenters. The fourth-order valence-electron chi connectivity index (χ4n) is 2.28. The predicted octanol–water partition coefficient (Wildman–Crippen LogP) is 1.86. The summed E-state index contributed by atoms with van der Waals surface area (Å²) in [5, 5.41) is 3.86. The average Bonchev–Trinajstić information content (AvgIpc) is 2.55. The zero-order valence-electron chi connectivity index (χ0n) is 12.1. The lowest BCUT2D eigenvalue weighted by atomic mass is 10.1. The predicted molar refractivity (Wildman–Crippen MR) is 84.6 cm³/mol. The number of rotatable bonds is 3. The van der Waals surface area contributed by atoms with Crippen LogP contribution in [0.3, 0.4) is 0 Å². The van der Waals surface area contributed by atoms with Gasteiger partial charge in [-0.2, -0.15) is 0 Å². The van der Waals surface area contributed by atoms with Crippen molar-refractivity contribution in [1.29, 1.82) is 0 Å². The Balaban J connectivity index is 1.80. The van der Waals surface area contributed by atoms with Gasteiger partial charge in [0.1, 0.15) is 0 Å². The third kappa shape index (κ3) is 2.74. The summed E-state index contributed by atoms with van der Waals surface area (Å²) in [5.41, 5.74) is 1.96. The molecule has 0 spiro atoms. The summed E-state index contributed by atoms with van der Waals surface area (Å²) in [4.78, 5) is 28.1. The summed E-state index contributed by atoms with van der Waals surface area (Å²) in [6, 6.07) is 12.7. The number of aromatic nitrogens is 2. The molecule has 0 radical (unpaired) electrons. The molecule has 2 heterocycles. The molecule has 3 aromatic rings. The van der Waals surface area contributed by atoms with Crippen molar-refractivity contribution in [2.75, 3.05) is 0 Å². The van der Waals surface area contributed by atoms with E-state index >= 15 is 0 Å². The van der Waals surface area contributed by atoms with E-state index in [0.717, 1.165) is 16.5 Å². The molecule has 1 aromatic carbocycles. The smallest absolute Gasteiger partial charge is 0.251 e. The number of pyridine rings is 2. The fourth-order valence-corrected chi connectivity index (χ4v) is 2.28. The second-order valence-electron chi connectivity index (χ2n) is 5.04. The van der Waals surface area contributed by atoms with Gasteiger partial charge in [-0.05, 0) is 17.7 Å². The quantitative estimate of drug-likeness (QED) is 0.801. The molecule has 22 heavy (non-hydrogen) atoms. The third-order valence-corrected chi connectivity index (χ3v) is 3.52. The number of benzene rings is 1. The first-order chi connectivity index (χ1) is 10.6. The highest BCUT2D eigenvalue weighted by Gasteiger charge is 2.08. The van der Waals surface area contributed by atoms with Gasteiger partial charge in [-0.25, -0.2) is 0 Å². The summed E-state index contributed by atoms with van der Waals surface area (Å²) in [6.45, 7) is 0.363. The first-order valence-electron chi connectivity index (χ1n) is 6.92. The van der Waals surface area contributed by atoms with Gasteiger partial charge in [0.15, 0.2) is 0 Å². The number of carbonyl (C=O) groups excluding carboxylic acids is 1. The molecule has 1 N–H and O–H groups in total. The van der Waals surface area contributed by atoms with Crippen LogP contribution >= 0.6 is 0 Å². The minimum atomic E-state index is -0.273. The van der Waals surface area contributed by atoms with E-state index in [4.69, 9.17) is 0 Å². The number of carbonyl (C=O) groups is 1. The first-order valence-corrected chi connectivity index (χ1v) is 6.92. The Hall–Kier alpha value is -2.95. The highest BCUT2D eigenvalue weighted by Crippen LogP contribution is 2.15. The highest BCUT2D eigenvalue weighted by molar-refractivity contribution is 5.94. The zero-order valence-corrected chi connectivity index (χ0v) is 12.1. The topological polar surface area (TPSA) is 64.0 Å². The Bertz CT molecular complexity index is 894. The molecule has 0 aliphatic carbocycles. The lowest BCUT2D eigenvalue weighted by Crippen LogP contribution is -2.25. The van der Waals surface area contributed by atoms with E-state index in [9.17, 15) is 9.59 Å². The van der Waals surface area contributed by atoms with Crippen LogP contribution in [0.4, 0.5) is 0 Å². The van der Waals surface area contributed by atoms with Gasteiger partial charge in [0.25, 0.3) is 11.5 Å². The molecule has 0 atom stereocenters.